The van der Waals surface area contributed by atoms with Gasteiger partial charge in [0.15, 0.2) is 0 Å². The topological polar surface area (TPSA) is 106 Å². The number of imidazole rings is 1. The summed E-state index contributed by atoms with van der Waals surface area (Å²) < 4.78 is 33.1. The fraction of sp³-hybridized carbons (Fsp3) is 0.208. The first-order valence-corrected chi connectivity index (χ1v) is 12.3. The molecule has 174 valence electrons. The van der Waals surface area contributed by atoms with Gasteiger partial charge in [0.25, 0.3) is 5.91 Å². The maximum atomic E-state index is 13.1. The van der Waals surface area contributed by atoms with Crippen LogP contribution in [0.5, 0.6) is 0 Å². The van der Waals surface area contributed by atoms with Gasteiger partial charge in [0, 0.05) is 50.1 Å². The molecule has 1 amide bonds. The van der Waals surface area contributed by atoms with Crippen LogP contribution >= 0.6 is 0 Å². The van der Waals surface area contributed by atoms with Crippen LogP contribution in [0.2, 0.25) is 0 Å². The molecule has 3 heterocycles. The molecule has 10 heteroatoms. The van der Waals surface area contributed by atoms with E-state index in [4.69, 9.17) is 4.74 Å². The molecule has 9 nitrogen and oxygen atoms in total. The zero-order chi connectivity index (χ0) is 23.5. The first kappa shape index (κ1) is 22.1. The van der Waals surface area contributed by atoms with Gasteiger partial charge in [-0.05, 0) is 42.0 Å². The SMILES string of the molecule is O=C(NCc1ccc(S(=O)(=O)c2ccc(N3CCOCC3)cc2)cc1)c1cnc2nccn2c1. The third-order valence-corrected chi connectivity index (χ3v) is 7.50. The van der Waals surface area contributed by atoms with Crippen molar-refractivity contribution >= 4 is 27.2 Å². The van der Waals surface area contributed by atoms with Crippen molar-refractivity contribution in [3.8, 4) is 0 Å². The lowest BCUT2D eigenvalue weighted by Crippen LogP contribution is -2.36. The highest BCUT2D eigenvalue weighted by Gasteiger charge is 2.19. The summed E-state index contributed by atoms with van der Waals surface area (Å²) in [5.74, 6) is 0.240. The summed E-state index contributed by atoms with van der Waals surface area (Å²) in [6.07, 6.45) is 6.45. The molecule has 1 aliphatic heterocycles. The summed E-state index contributed by atoms with van der Waals surface area (Å²) >= 11 is 0. The Morgan fingerprint density at radius 2 is 1.65 bits per heavy atom. The van der Waals surface area contributed by atoms with Crippen LogP contribution in [0.25, 0.3) is 5.78 Å². The van der Waals surface area contributed by atoms with Gasteiger partial charge in [-0.1, -0.05) is 12.1 Å². The van der Waals surface area contributed by atoms with E-state index in [1.807, 2.05) is 12.1 Å². The summed E-state index contributed by atoms with van der Waals surface area (Å²) in [6, 6.07) is 13.5. The third kappa shape index (κ3) is 4.50. The van der Waals surface area contributed by atoms with E-state index in [0.717, 1.165) is 24.3 Å². The van der Waals surface area contributed by atoms with Crippen molar-refractivity contribution in [1.82, 2.24) is 19.7 Å². The van der Waals surface area contributed by atoms with E-state index in [0.29, 0.717) is 24.6 Å². The number of benzene rings is 2. The van der Waals surface area contributed by atoms with Gasteiger partial charge in [0.2, 0.25) is 15.6 Å². The zero-order valence-electron chi connectivity index (χ0n) is 18.3. The van der Waals surface area contributed by atoms with Gasteiger partial charge >= 0.3 is 0 Å². The number of ether oxygens (including phenoxy) is 1. The predicted molar refractivity (Wildman–Crippen MR) is 126 cm³/mol. The minimum Gasteiger partial charge on any atom is -0.378 e. The molecule has 0 radical (unpaired) electrons. The Morgan fingerprint density at radius 1 is 0.971 bits per heavy atom. The number of anilines is 1. The number of hydrogen-bond acceptors (Lipinski definition) is 7. The Bertz CT molecular complexity index is 1410. The summed E-state index contributed by atoms with van der Waals surface area (Å²) in [4.78, 5) is 23.3. The Balaban J connectivity index is 1.24. The van der Waals surface area contributed by atoms with E-state index in [9.17, 15) is 13.2 Å². The lowest BCUT2D eigenvalue weighted by atomic mass is 10.2. The number of sulfone groups is 1. The van der Waals surface area contributed by atoms with Crippen LogP contribution in [0.4, 0.5) is 5.69 Å². The van der Waals surface area contributed by atoms with Gasteiger partial charge in [-0.25, -0.2) is 18.4 Å². The number of fused-ring (bicyclic) bond motifs is 1. The number of nitrogens with one attached hydrogen (secondary N) is 1. The Kier molecular flexibility index (Phi) is 5.99. The molecule has 5 rings (SSSR count). The Hall–Kier alpha value is -3.76. The van der Waals surface area contributed by atoms with Crippen LogP contribution in [0.15, 0.2) is 83.1 Å². The number of hydrogen-bond donors (Lipinski definition) is 1. The molecule has 0 unspecified atom stereocenters. The lowest BCUT2D eigenvalue weighted by Gasteiger charge is -2.28. The van der Waals surface area contributed by atoms with Gasteiger partial charge in [-0.3, -0.25) is 9.20 Å². The summed E-state index contributed by atoms with van der Waals surface area (Å²) in [7, 11) is -3.64. The average Bonchev–Trinajstić information content (AvgIpc) is 3.36. The molecule has 0 aliphatic carbocycles. The lowest BCUT2D eigenvalue weighted by molar-refractivity contribution is 0.0950. The molecule has 2 aromatic heterocycles. The van der Waals surface area contributed by atoms with Crippen LogP contribution < -0.4 is 10.2 Å². The van der Waals surface area contributed by atoms with Crippen molar-refractivity contribution in [3.05, 3.63) is 84.4 Å². The molecule has 0 saturated carbocycles. The number of rotatable bonds is 6. The van der Waals surface area contributed by atoms with E-state index >= 15 is 0 Å². The number of nitrogens with zero attached hydrogens (tertiary/aromatic N) is 4. The second-order valence-corrected chi connectivity index (χ2v) is 9.85. The largest absolute Gasteiger partial charge is 0.378 e. The molecule has 0 atom stereocenters. The van der Waals surface area contributed by atoms with Crippen LogP contribution in [0.3, 0.4) is 0 Å². The fourth-order valence-electron chi connectivity index (χ4n) is 3.80. The first-order valence-electron chi connectivity index (χ1n) is 10.8. The maximum Gasteiger partial charge on any atom is 0.254 e. The summed E-state index contributed by atoms with van der Waals surface area (Å²) in [5.41, 5.74) is 2.17. The number of carbonyl (C=O) groups excluding carboxylic acids is 1. The smallest absolute Gasteiger partial charge is 0.254 e. The maximum absolute atomic E-state index is 13.1. The van der Waals surface area contributed by atoms with Crippen molar-refractivity contribution in [2.45, 2.75) is 16.3 Å². The van der Waals surface area contributed by atoms with Gasteiger partial charge in [-0.15, -0.1) is 0 Å². The van der Waals surface area contributed by atoms with Crippen molar-refractivity contribution in [3.63, 3.8) is 0 Å². The Labute approximate surface area is 196 Å². The van der Waals surface area contributed by atoms with E-state index in [1.165, 1.54) is 6.20 Å². The molecule has 1 saturated heterocycles. The van der Waals surface area contributed by atoms with E-state index in [1.54, 1.807) is 59.4 Å². The highest BCUT2D eigenvalue weighted by molar-refractivity contribution is 7.91. The molecule has 2 aromatic carbocycles. The minimum absolute atomic E-state index is 0.205. The molecular formula is C24H23N5O4S. The second-order valence-electron chi connectivity index (χ2n) is 7.90. The van der Waals surface area contributed by atoms with E-state index in [2.05, 4.69) is 20.2 Å². The van der Waals surface area contributed by atoms with E-state index in [-0.39, 0.29) is 22.2 Å². The molecule has 0 bridgehead atoms. The number of morpholine rings is 1. The fourth-order valence-corrected chi connectivity index (χ4v) is 5.06. The van der Waals surface area contributed by atoms with Crippen molar-refractivity contribution in [2.75, 3.05) is 31.2 Å². The van der Waals surface area contributed by atoms with Crippen molar-refractivity contribution in [2.24, 2.45) is 0 Å². The molecule has 1 aliphatic rings. The van der Waals surface area contributed by atoms with Crippen LogP contribution in [0, 0.1) is 0 Å². The normalized spacial score (nSPS) is 14.3. The molecule has 0 spiro atoms. The quantitative estimate of drug-likeness (QED) is 0.454. The average molecular weight is 478 g/mol. The number of amides is 1. The monoisotopic (exact) mass is 477 g/mol. The number of carbonyl (C=O) groups is 1. The minimum atomic E-state index is -3.64. The van der Waals surface area contributed by atoms with Crippen molar-refractivity contribution in [1.29, 1.82) is 0 Å². The highest BCUT2D eigenvalue weighted by Crippen LogP contribution is 2.24. The van der Waals surface area contributed by atoms with Gasteiger partial charge in [0.1, 0.15) is 0 Å². The van der Waals surface area contributed by atoms with Crippen LogP contribution in [0.1, 0.15) is 15.9 Å². The predicted octanol–water partition coefficient (Wildman–Crippen LogP) is 2.33. The van der Waals surface area contributed by atoms with Gasteiger partial charge in [-0.2, -0.15) is 0 Å². The van der Waals surface area contributed by atoms with E-state index < -0.39 is 9.84 Å². The molecule has 1 N–H and O–H groups in total. The number of aromatic nitrogens is 3. The van der Waals surface area contributed by atoms with Gasteiger partial charge < -0.3 is 15.0 Å². The molecule has 4 aromatic rings. The molecule has 34 heavy (non-hydrogen) atoms. The highest BCUT2D eigenvalue weighted by atomic mass is 32.2. The van der Waals surface area contributed by atoms with Gasteiger partial charge in [0.05, 0.1) is 28.6 Å². The Morgan fingerprint density at radius 3 is 2.35 bits per heavy atom. The first-order chi connectivity index (χ1) is 16.5. The summed E-state index contributed by atoms with van der Waals surface area (Å²) in [6.45, 7) is 3.18. The van der Waals surface area contributed by atoms with Crippen molar-refractivity contribution < 1.29 is 17.9 Å². The zero-order valence-corrected chi connectivity index (χ0v) is 19.1. The molecular weight excluding hydrogens is 454 g/mol. The van der Waals surface area contributed by atoms with Crippen LogP contribution in [-0.2, 0) is 21.1 Å². The van der Waals surface area contributed by atoms with Crippen LogP contribution in [-0.4, -0.2) is 55.0 Å². The molecule has 1 fully saturated rings. The second kappa shape index (κ2) is 9.24. The third-order valence-electron chi connectivity index (χ3n) is 5.72. The summed E-state index contributed by atoms with van der Waals surface area (Å²) in [5, 5.41) is 2.82. The standard InChI is InChI=1S/C24H23N5O4S/c30-23(19-16-27-24-25-9-10-29(24)17-19)26-15-18-1-5-21(6-2-18)34(31,32)22-7-3-20(4-8-22)28-11-13-33-14-12-28/h1-10,16-17H,11-15H2,(H,26,30).